The quantitative estimate of drug-likeness (QED) is 0.810. The van der Waals surface area contributed by atoms with Crippen LogP contribution in [0.4, 0.5) is 5.69 Å². The molecule has 1 heterocycles. The van der Waals surface area contributed by atoms with Gasteiger partial charge >= 0.3 is 5.97 Å². The maximum absolute atomic E-state index is 12.2. The maximum Gasteiger partial charge on any atom is 0.320 e. The number of nitrogens with zero attached hydrogens (tertiary/aromatic N) is 1. The van der Waals surface area contributed by atoms with E-state index in [-0.39, 0.29) is 18.2 Å². The van der Waals surface area contributed by atoms with Gasteiger partial charge in [0.15, 0.2) is 5.78 Å². The Labute approximate surface area is 129 Å². The third-order valence-corrected chi connectivity index (χ3v) is 3.83. The summed E-state index contributed by atoms with van der Waals surface area (Å²) in [6, 6.07) is 6.18. The fraction of sp³-hybridized carbons (Fsp3) is 0.438. The molecular formula is C16H20N2O4. The third kappa shape index (κ3) is 3.92. The minimum Gasteiger partial charge on any atom is -0.480 e. The zero-order valence-corrected chi connectivity index (χ0v) is 12.5. The number of carboxylic acids is 1. The van der Waals surface area contributed by atoms with Crippen molar-refractivity contribution in [2.75, 3.05) is 18.4 Å². The molecule has 1 atom stereocenters. The van der Waals surface area contributed by atoms with Gasteiger partial charge in [0.2, 0.25) is 5.91 Å². The summed E-state index contributed by atoms with van der Waals surface area (Å²) in [6.45, 7) is 2.05. The molecule has 0 aromatic heterocycles. The average Bonchev–Trinajstić information content (AvgIpc) is 2.47. The Hall–Kier alpha value is -2.21. The fourth-order valence-electron chi connectivity index (χ4n) is 2.73. The first-order valence-electron chi connectivity index (χ1n) is 7.35. The first-order chi connectivity index (χ1) is 10.5. The van der Waals surface area contributed by atoms with Crippen molar-refractivity contribution in [2.45, 2.75) is 32.2 Å². The molecule has 1 aliphatic rings. The van der Waals surface area contributed by atoms with Crippen LogP contribution >= 0.6 is 0 Å². The van der Waals surface area contributed by atoms with Crippen molar-refractivity contribution in [1.82, 2.24) is 4.90 Å². The zero-order valence-electron chi connectivity index (χ0n) is 12.5. The van der Waals surface area contributed by atoms with Gasteiger partial charge in [-0.1, -0.05) is 18.6 Å². The van der Waals surface area contributed by atoms with Gasteiger partial charge in [-0.3, -0.25) is 19.3 Å². The highest BCUT2D eigenvalue weighted by molar-refractivity contribution is 6.04. The van der Waals surface area contributed by atoms with Crippen LogP contribution in [0.15, 0.2) is 24.3 Å². The van der Waals surface area contributed by atoms with Gasteiger partial charge in [0, 0.05) is 5.56 Å². The molecule has 0 radical (unpaired) electrons. The van der Waals surface area contributed by atoms with Gasteiger partial charge in [0.25, 0.3) is 0 Å². The number of hydrogen-bond donors (Lipinski definition) is 2. The van der Waals surface area contributed by atoms with Crippen LogP contribution in [-0.4, -0.2) is 46.8 Å². The number of benzene rings is 1. The highest BCUT2D eigenvalue weighted by Crippen LogP contribution is 2.18. The Morgan fingerprint density at radius 2 is 2.00 bits per heavy atom. The van der Waals surface area contributed by atoms with E-state index in [1.54, 1.807) is 29.2 Å². The van der Waals surface area contributed by atoms with Crippen LogP contribution in [0.5, 0.6) is 0 Å². The molecule has 0 bridgehead atoms. The first kappa shape index (κ1) is 16.2. The number of carbonyl (C=O) groups excluding carboxylic acids is 2. The molecule has 0 aliphatic carbocycles. The van der Waals surface area contributed by atoms with E-state index in [9.17, 15) is 19.5 Å². The van der Waals surface area contributed by atoms with Crippen LogP contribution < -0.4 is 5.32 Å². The van der Waals surface area contributed by atoms with Crippen LogP contribution in [0.1, 0.15) is 36.5 Å². The molecular weight excluding hydrogens is 284 g/mol. The number of para-hydroxylation sites is 1. The van der Waals surface area contributed by atoms with Crippen LogP contribution in [0.25, 0.3) is 0 Å². The zero-order chi connectivity index (χ0) is 16.1. The van der Waals surface area contributed by atoms with Crippen molar-refractivity contribution in [3.05, 3.63) is 29.8 Å². The van der Waals surface area contributed by atoms with Crippen molar-refractivity contribution >= 4 is 23.3 Å². The normalized spacial score (nSPS) is 18.7. The second-order valence-corrected chi connectivity index (χ2v) is 5.47. The van der Waals surface area contributed by atoms with Gasteiger partial charge in [-0.05, 0) is 38.4 Å². The number of carbonyl (C=O) groups is 3. The van der Waals surface area contributed by atoms with E-state index in [4.69, 9.17) is 0 Å². The van der Waals surface area contributed by atoms with E-state index < -0.39 is 12.0 Å². The molecule has 1 fully saturated rings. The van der Waals surface area contributed by atoms with Crippen LogP contribution in [0.2, 0.25) is 0 Å². The summed E-state index contributed by atoms with van der Waals surface area (Å²) >= 11 is 0. The van der Waals surface area contributed by atoms with E-state index >= 15 is 0 Å². The van der Waals surface area contributed by atoms with Crippen LogP contribution in [-0.2, 0) is 9.59 Å². The highest BCUT2D eigenvalue weighted by Gasteiger charge is 2.29. The maximum atomic E-state index is 12.2. The minimum atomic E-state index is -0.892. The molecule has 1 aromatic carbocycles. The number of aliphatic carboxylic acids is 1. The molecule has 1 aliphatic heterocycles. The number of hydrogen-bond acceptors (Lipinski definition) is 4. The van der Waals surface area contributed by atoms with Gasteiger partial charge in [-0.2, -0.15) is 0 Å². The Morgan fingerprint density at radius 1 is 1.27 bits per heavy atom. The highest BCUT2D eigenvalue weighted by atomic mass is 16.4. The van der Waals surface area contributed by atoms with E-state index in [0.29, 0.717) is 24.2 Å². The fourth-order valence-corrected chi connectivity index (χ4v) is 2.73. The second-order valence-electron chi connectivity index (χ2n) is 5.47. The summed E-state index contributed by atoms with van der Waals surface area (Å²) in [6.07, 6.45) is 2.32. The summed E-state index contributed by atoms with van der Waals surface area (Å²) in [7, 11) is 0. The predicted molar refractivity (Wildman–Crippen MR) is 81.9 cm³/mol. The average molecular weight is 304 g/mol. The number of Topliss-reactive ketones (excluding diaryl/α,β-unsaturated/α-hetero) is 1. The van der Waals surface area contributed by atoms with Crippen molar-refractivity contribution in [1.29, 1.82) is 0 Å². The summed E-state index contributed by atoms with van der Waals surface area (Å²) in [5.41, 5.74) is 0.910. The SMILES string of the molecule is CC(=O)c1ccccc1NC(=O)CN1CCCCC1C(=O)O. The Balaban J connectivity index is 2.04. The van der Waals surface area contributed by atoms with Gasteiger partial charge in [0.1, 0.15) is 6.04 Å². The smallest absolute Gasteiger partial charge is 0.320 e. The monoisotopic (exact) mass is 304 g/mol. The molecule has 1 saturated heterocycles. The molecule has 2 N–H and O–H groups in total. The van der Waals surface area contributed by atoms with Gasteiger partial charge in [-0.15, -0.1) is 0 Å². The molecule has 22 heavy (non-hydrogen) atoms. The first-order valence-corrected chi connectivity index (χ1v) is 7.35. The number of amides is 1. The lowest BCUT2D eigenvalue weighted by Crippen LogP contribution is -2.47. The van der Waals surface area contributed by atoms with Crippen LogP contribution in [0.3, 0.4) is 0 Å². The minimum absolute atomic E-state index is 0.0171. The standard InChI is InChI=1S/C16H20N2O4/c1-11(19)12-6-2-3-7-13(12)17-15(20)10-18-9-5-4-8-14(18)16(21)22/h2-3,6-7,14H,4-5,8-10H2,1H3,(H,17,20)(H,21,22). The molecule has 0 spiro atoms. The lowest BCUT2D eigenvalue weighted by molar-refractivity contribution is -0.145. The Morgan fingerprint density at radius 3 is 2.68 bits per heavy atom. The van der Waals surface area contributed by atoms with E-state index in [1.807, 2.05) is 0 Å². The molecule has 1 aromatic rings. The number of nitrogens with one attached hydrogen (secondary N) is 1. The number of rotatable bonds is 5. The molecule has 1 amide bonds. The summed E-state index contributed by atoms with van der Waals surface area (Å²) in [5.74, 6) is -1.32. The lowest BCUT2D eigenvalue weighted by atomic mass is 10.0. The topological polar surface area (TPSA) is 86.7 Å². The molecule has 1 unspecified atom stereocenters. The lowest BCUT2D eigenvalue weighted by Gasteiger charge is -2.32. The summed E-state index contributed by atoms with van der Waals surface area (Å²) in [5, 5.41) is 11.9. The van der Waals surface area contributed by atoms with Gasteiger partial charge in [-0.25, -0.2) is 0 Å². The molecule has 6 heteroatoms. The van der Waals surface area contributed by atoms with Crippen molar-refractivity contribution in [3.8, 4) is 0 Å². The largest absolute Gasteiger partial charge is 0.480 e. The van der Waals surface area contributed by atoms with Gasteiger partial charge < -0.3 is 10.4 Å². The van der Waals surface area contributed by atoms with E-state index in [1.165, 1.54) is 6.92 Å². The van der Waals surface area contributed by atoms with E-state index in [0.717, 1.165) is 12.8 Å². The second kappa shape index (κ2) is 7.17. The number of likely N-dealkylation sites (tertiary alicyclic amines) is 1. The number of carboxylic acid groups (broad SMARTS) is 1. The summed E-state index contributed by atoms with van der Waals surface area (Å²) in [4.78, 5) is 36.6. The van der Waals surface area contributed by atoms with Crippen LogP contribution in [0, 0.1) is 0 Å². The molecule has 0 saturated carbocycles. The number of anilines is 1. The molecule has 6 nitrogen and oxygen atoms in total. The van der Waals surface area contributed by atoms with E-state index in [2.05, 4.69) is 5.32 Å². The molecule has 118 valence electrons. The number of ketones is 1. The van der Waals surface area contributed by atoms with Crippen molar-refractivity contribution in [3.63, 3.8) is 0 Å². The Kier molecular flexibility index (Phi) is 5.27. The molecule has 2 rings (SSSR count). The predicted octanol–water partition coefficient (Wildman–Crippen LogP) is 1.77. The third-order valence-electron chi connectivity index (χ3n) is 3.83. The van der Waals surface area contributed by atoms with Crippen molar-refractivity contribution in [2.24, 2.45) is 0 Å². The van der Waals surface area contributed by atoms with Gasteiger partial charge in [0.05, 0.1) is 12.2 Å². The summed E-state index contributed by atoms with van der Waals surface area (Å²) < 4.78 is 0. The number of piperidine rings is 1. The van der Waals surface area contributed by atoms with Crippen molar-refractivity contribution < 1.29 is 19.5 Å². The Bertz CT molecular complexity index is 585.